The highest BCUT2D eigenvalue weighted by atomic mass is 16.5. The topological polar surface area (TPSA) is 38.7 Å². The van der Waals surface area contributed by atoms with E-state index >= 15 is 0 Å². The average molecular weight is 230 g/mol. The molecule has 1 N–H and O–H groups in total. The van der Waals surface area contributed by atoms with Gasteiger partial charge in [-0.25, -0.2) is 0 Å². The van der Waals surface area contributed by atoms with Gasteiger partial charge in [-0.3, -0.25) is 0 Å². The third kappa shape index (κ3) is 4.81. The first-order valence-corrected chi connectivity index (χ1v) is 6.56. The summed E-state index contributed by atoms with van der Waals surface area (Å²) < 4.78 is 10.7. The summed E-state index contributed by atoms with van der Waals surface area (Å²) in [4.78, 5) is 0. The van der Waals surface area contributed by atoms with Crippen LogP contribution in [0.25, 0.3) is 0 Å². The van der Waals surface area contributed by atoms with Crippen molar-refractivity contribution in [2.24, 2.45) is 5.92 Å². The lowest BCUT2D eigenvalue weighted by Gasteiger charge is -2.33. The van der Waals surface area contributed by atoms with Gasteiger partial charge < -0.3 is 14.6 Å². The Balaban J connectivity index is 2.21. The molecule has 3 nitrogen and oxygen atoms in total. The molecule has 0 aromatic carbocycles. The predicted octanol–water partition coefficient (Wildman–Crippen LogP) is 2.37. The van der Waals surface area contributed by atoms with Gasteiger partial charge in [-0.1, -0.05) is 19.8 Å². The molecule has 0 radical (unpaired) electrons. The van der Waals surface area contributed by atoms with Crippen LogP contribution in [0.2, 0.25) is 0 Å². The highest BCUT2D eigenvalue weighted by Gasteiger charge is 2.29. The second-order valence-corrected chi connectivity index (χ2v) is 4.79. The number of rotatable bonds is 7. The molecule has 0 saturated heterocycles. The van der Waals surface area contributed by atoms with E-state index in [-0.39, 0.29) is 12.2 Å². The molecule has 0 amide bonds. The van der Waals surface area contributed by atoms with E-state index in [1.165, 1.54) is 12.8 Å². The van der Waals surface area contributed by atoms with Crippen molar-refractivity contribution in [1.82, 2.24) is 0 Å². The summed E-state index contributed by atoms with van der Waals surface area (Å²) in [5, 5.41) is 9.86. The van der Waals surface area contributed by atoms with Crippen LogP contribution < -0.4 is 0 Å². The lowest BCUT2D eigenvalue weighted by Crippen LogP contribution is -2.36. The molecule has 3 unspecified atom stereocenters. The summed E-state index contributed by atoms with van der Waals surface area (Å²) in [5.74, 6) is 0.751. The Morgan fingerprint density at radius 2 is 2.06 bits per heavy atom. The van der Waals surface area contributed by atoms with Crippen LogP contribution >= 0.6 is 0 Å². The van der Waals surface area contributed by atoms with E-state index in [4.69, 9.17) is 9.47 Å². The van der Waals surface area contributed by atoms with Gasteiger partial charge in [0.2, 0.25) is 0 Å². The molecule has 1 aliphatic carbocycles. The fourth-order valence-corrected chi connectivity index (χ4v) is 2.48. The number of hydrogen-bond donors (Lipinski definition) is 1. The number of aliphatic hydroxyl groups excluding tert-OH is 1. The second kappa shape index (κ2) is 8.04. The molecule has 0 heterocycles. The minimum absolute atomic E-state index is 0.0576. The SMILES string of the molecule is CCCC1CCC(O)C(OCCCOC)C1. The van der Waals surface area contributed by atoms with E-state index in [1.807, 2.05) is 0 Å². The van der Waals surface area contributed by atoms with Crippen molar-refractivity contribution in [2.45, 2.75) is 57.7 Å². The van der Waals surface area contributed by atoms with Gasteiger partial charge in [0, 0.05) is 20.3 Å². The molecular formula is C13H26O3. The average Bonchev–Trinajstić information content (AvgIpc) is 2.29. The van der Waals surface area contributed by atoms with E-state index in [1.54, 1.807) is 7.11 Å². The molecule has 0 spiro atoms. The third-order valence-electron chi connectivity index (χ3n) is 3.39. The number of aliphatic hydroxyl groups is 1. The van der Waals surface area contributed by atoms with Crippen LogP contribution in [0.4, 0.5) is 0 Å². The predicted molar refractivity (Wildman–Crippen MR) is 64.5 cm³/mol. The Bertz CT molecular complexity index is 173. The van der Waals surface area contributed by atoms with Crippen LogP contribution in [0, 0.1) is 5.92 Å². The van der Waals surface area contributed by atoms with Crippen LogP contribution in [0.15, 0.2) is 0 Å². The first-order valence-electron chi connectivity index (χ1n) is 6.56. The van der Waals surface area contributed by atoms with Crippen LogP contribution in [-0.2, 0) is 9.47 Å². The minimum Gasteiger partial charge on any atom is -0.390 e. The maximum absolute atomic E-state index is 9.86. The Kier molecular flexibility index (Phi) is 7.01. The molecule has 0 aromatic heterocycles. The van der Waals surface area contributed by atoms with Gasteiger partial charge in [0.1, 0.15) is 0 Å². The van der Waals surface area contributed by atoms with Crippen molar-refractivity contribution in [1.29, 1.82) is 0 Å². The smallest absolute Gasteiger partial charge is 0.0836 e. The van der Waals surface area contributed by atoms with E-state index in [2.05, 4.69) is 6.92 Å². The Labute approximate surface area is 99.1 Å². The lowest BCUT2D eigenvalue weighted by atomic mass is 9.83. The third-order valence-corrected chi connectivity index (χ3v) is 3.39. The Morgan fingerprint density at radius 1 is 1.25 bits per heavy atom. The van der Waals surface area contributed by atoms with Crippen molar-refractivity contribution in [3.63, 3.8) is 0 Å². The lowest BCUT2D eigenvalue weighted by molar-refractivity contribution is -0.0750. The summed E-state index contributed by atoms with van der Waals surface area (Å²) in [6.07, 6.45) is 6.31. The Hall–Kier alpha value is -0.120. The highest BCUT2D eigenvalue weighted by molar-refractivity contribution is 4.80. The fourth-order valence-electron chi connectivity index (χ4n) is 2.48. The molecule has 96 valence electrons. The summed E-state index contributed by atoms with van der Waals surface area (Å²) in [5.41, 5.74) is 0. The maximum Gasteiger partial charge on any atom is 0.0836 e. The fraction of sp³-hybridized carbons (Fsp3) is 1.00. The Morgan fingerprint density at radius 3 is 2.75 bits per heavy atom. The van der Waals surface area contributed by atoms with Gasteiger partial charge >= 0.3 is 0 Å². The molecule has 3 heteroatoms. The van der Waals surface area contributed by atoms with Gasteiger partial charge in [-0.15, -0.1) is 0 Å². The van der Waals surface area contributed by atoms with Gasteiger partial charge in [-0.05, 0) is 31.6 Å². The minimum atomic E-state index is -0.254. The van der Waals surface area contributed by atoms with Gasteiger partial charge in [0.05, 0.1) is 12.2 Å². The van der Waals surface area contributed by atoms with E-state index in [9.17, 15) is 5.11 Å². The van der Waals surface area contributed by atoms with Crippen molar-refractivity contribution < 1.29 is 14.6 Å². The van der Waals surface area contributed by atoms with Gasteiger partial charge in [0.15, 0.2) is 0 Å². The summed E-state index contributed by atoms with van der Waals surface area (Å²) in [6, 6.07) is 0. The number of methoxy groups -OCH3 is 1. The summed E-state index contributed by atoms with van der Waals surface area (Å²) >= 11 is 0. The van der Waals surface area contributed by atoms with Crippen LogP contribution in [0.1, 0.15) is 45.4 Å². The monoisotopic (exact) mass is 230 g/mol. The maximum atomic E-state index is 9.86. The molecule has 0 aromatic rings. The van der Waals surface area contributed by atoms with Crippen LogP contribution in [0.3, 0.4) is 0 Å². The zero-order chi connectivity index (χ0) is 11.8. The number of ether oxygens (including phenoxy) is 2. The quantitative estimate of drug-likeness (QED) is 0.682. The zero-order valence-corrected chi connectivity index (χ0v) is 10.7. The van der Waals surface area contributed by atoms with Gasteiger partial charge in [0.25, 0.3) is 0 Å². The molecule has 1 fully saturated rings. The van der Waals surface area contributed by atoms with Crippen LogP contribution in [0.5, 0.6) is 0 Å². The van der Waals surface area contributed by atoms with Crippen molar-refractivity contribution >= 4 is 0 Å². The van der Waals surface area contributed by atoms with Crippen molar-refractivity contribution in [3.8, 4) is 0 Å². The molecular weight excluding hydrogens is 204 g/mol. The van der Waals surface area contributed by atoms with Crippen molar-refractivity contribution in [3.05, 3.63) is 0 Å². The molecule has 1 saturated carbocycles. The molecule has 1 rings (SSSR count). The second-order valence-electron chi connectivity index (χ2n) is 4.79. The molecule has 16 heavy (non-hydrogen) atoms. The van der Waals surface area contributed by atoms with E-state index in [0.29, 0.717) is 6.61 Å². The standard InChI is InChI=1S/C13H26O3/c1-3-5-11-6-7-12(14)13(10-11)16-9-4-8-15-2/h11-14H,3-10H2,1-2H3. The highest BCUT2D eigenvalue weighted by Crippen LogP contribution is 2.29. The molecule has 0 bridgehead atoms. The first kappa shape index (κ1) is 13.9. The van der Waals surface area contributed by atoms with Gasteiger partial charge in [-0.2, -0.15) is 0 Å². The zero-order valence-electron chi connectivity index (χ0n) is 10.7. The largest absolute Gasteiger partial charge is 0.390 e. The molecule has 3 atom stereocenters. The summed E-state index contributed by atoms with van der Waals surface area (Å²) in [7, 11) is 1.70. The normalized spacial score (nSPS) is 30.6. The van der Waals surface area contributed by atoms with E-state index < -0.39 is 0 Å². The van der Waals surface area contributed by atoms with Crippen LogP contribution in [-0.4, -0.2) is 37.6 Å². The molecule has 0 aliphatic heterocycles. The summed E-state index contributed by atoms with van der Waals surface area (Å²) in [6.45, 7) is 3.66. The molecule has 1 aliphatic rings. The van der Waals surface area contributed by atoms with E-state index in [0.717, 1.165) is 38.2 Å². The number of hydrogen-bond acceptors (Lipinski definition) is 3. The first-order chi connectivity index (χ1) is 7.77. The van der Waals surface area contributed by atoms with Crippen molar-refractivity contribution in [2.75, 3.05) is 20.3 Å².